The fraction of sp³-hybridized carbons (Fsp3) is 0.0500. The van der Waals surface area contributed by atoms with Crippen molar-refractivity contribution in [3.63, 3.8) is 0 Å². The van der Waals surface area contributed by atoms with E-state index in [2.05, 4.69) is 0 Å². The first-order chi connectivity index (χ1) is 11.5. The van der Waals surface area contributed by atoms with Crippen LogP contribution in [0.2, 0.25) is 10.0 Å². The molecule has 2 nitrogen and oxygen atoms in total. The highest BCUT2D eigenvalue weighted by Gasteiger charge is 2.09. The van der Waals surface area contributed by atoms with Gasteiger partial charge >= 0.3 is 0 Å². The normalized spacial score (nSPS) is 11.5. The second-order valence-electron chi connectivity index (χ2n) is 5.41. The van der Waals surface area contributed by atoms with Crippen LogP contribution in [0.5, 0.6) is 0 Å². The van der Waals surface area contributed by atoms with Gasteiger partial charge in [0, 0.05) is 26.7 Å². The summed E-state index contributed by atoms with van der Waals surface area (Å²) >= 11 is 11.9. The molecule has 120 valence electrons. The van der Waals surface area contributed by atoms with Crippen molar-refractivity contribution in [2.24, 2.45) is 0 Å². The van der Waals surface area contributed by atoms with E-state index in [1.54, 1.807) is 36.6 Å². The van der Waals surface area contributed by atoms with Gasteiger partial charge in [-0.05, 0) is 48.9 Å². The van der Waals surface area contributed by atoms with E-state index < -0.39 is 0 Å². The third kappa shape index (κ3) is 3.78. The Hall–Kier alpha value is -2.29. The number of furan rings is 1. The second kappa shape index (κ2) is 7.08. The van der Waals surface area contributed by atoms with Gasteiger partial charge < -0.3 is 4.42 Å². The summed E-state index contributed by atoms with van der Waals surface area (Å²) < 4.78 is 5.60. The van der Waals surface area contributed by atoms with E-state index in [4.69, 9.17) is 27.6 Å². The zero-order valence-electron chi connectivity index (χ0n) is 12.9. The van der Waals surface area contributed by atoms with E-state index >= 15 is 0 Å². The van der Waals surface area contributed by atoms with Crippen LogP contribution in [0.25, 0.3) is 16.9 Å². The summed E-state index contributed by atoms with van der Waals surface area (Å²) in [6, 6.07) is 16.2. The van der Waals surface area contributed by atoms with Crippen LogP contribution in [0.1, 0.15) is 22.8 Å². The van der Waals surface area contributed by atoms with Crippen LogP contribution in [0.3, 0.4) is 0 Å². The molecule has 0 atom stereocenters. The summed E-state index contributed by atoms with van der Waals surface area (Å²) in [6.07, 6.45) is 3.21. The number of carbonyl (C=O) groups is 1. The van der Waals surface area contributed by atoms with E-state index in [1.165, 1.54) is 0 Å². The summed E-state index contributed by atoms with van der Waals surface area (Å²) in [5.74, 6) is 0.607. The van der Waals surface area contributed by atoms with Crippen molar-refractivity contribution in [3.05, 3.63) is 88.1 Å². The number of hydrogen-bond acceptors (Lipinski definition) is 2. The average molecular weight is 357 g/mol. The van der Waals surface area contributed by atoms with Crippen LogP contribution >= 0.6 is 23.2 Å². The minimum atomic E-state index is -0.0968. The van der Waals surface area contributed by atoms with Crippen LogP contribution in [0.4, 0.5) is 0 Å². The molecule has 0 saturated carbocycles. The number of rotatable bonds is 4. The van der Waals surface area contributed by atoms with Crippen molar-refractivity contribution in [3.8, 4) is 11.3 Å². The average Bonchev–Trinajstić information content (AvgIpc) is 3.05. The number of ketones is 1. The molecule has 3 aromatic rings. The van der Waals surface area contributed by atoms with Gasteiger partial charge in [0.15, 0.2) is 5.78 Å². The lowest BCUT2D eigenvalue weighted by Gasteiger charge is -1.99. The molecule has 0 aliphatic heterocycles. The van der Waals surface area contributed by atoms with Crippen molar-refractivity contribution >= 4 is 34.6 Å². The molecule has 3 rings (SSSR count). The number of carbonyl (C=O) groups excluding carboxylic acids is 1. The van der Waals surface area contributed by atoms with Gasteiger partial charge in [0.2, 0.25) is 0 Å². The first kappa shape index (κ1) is 16.6. The lowest BCUT2D eigenvalue weighted by molar-refractivity contribution is 0.104. The van der Waals surface area contributed by atoms with E-state index in [9.17, 15) is 4.79 Å². The van der Waals surface area contributed by atoms with Crippen molar-refractivity contribution < 1.29 is 9.21 Å². The van der Waals surface area contributed by atoms with Gasteiger partial charge in [0.25, 0.3) is 0 Å². The molecule has 0 fully saturated rings. The maximum absolute atomic E-state index is 12.3. The Bertz CT molecular complexity index is 923. The quantitative estimate of drug-likeness (QED) is 0.392. The van der Waals surface area contributed by atoms with Gasteiger partial charge in [-0.25, -0.2) is 0 Å². The molecule has 0 aliphatic carbocycles. The summed E-state index contributed by atoms with van der Waals surface area (Å²) in [5, 5.41) is 1.19. The second-order valence-corrected chi connectivity index (χ2v) is 6.28. The van der Waals surface area contributed by atoms with Crippen molar-refractivity contribution in [1.29, 1.82) is 0 Å². The largest absolute Gasteiger partial charge is 0.464 e. The first-order valence-electron chi connectivity index (χ1n) is 7.36. The zero-order chi connectivity index (χ0) is 17.1. The minimum absolute atomic E-state index is 0.0968. The molecule has 0 radical (unpaired) electrons. The van der Waals surface area contributed by atoms with Gasteiger partial charge in [-0.3, -0.25) is 4.79 Å². The molecule has 0 N–H and O–H groups in total. The lowest BCUT2D eigenvalue weighted by Crippen LogP contribution is -1.95. The summed E-state index contributed by atoms with van der Waals surface area (Å²) in [4.78, 5) is 12.3. The Balaban J connectivity index is 1.85. The molecular weight excluding hydrogens is 343 g/mol. The maximum atomic E-state index is 12.3. The third-order valence-corrected chi connectivity index (χ3v) is 4.09. The first-order valence-corrected chi connectivity index (χ1v) is 8.11. The Morgan fingerprint density at radius 1 is 0.958 bits per heavy atom. The van der Waals surface area contributed by atoms with E-state index in [-0.39, 0.29) is 5.78 Å². The van der Waals surface area contributed by atoms with E-state index in [1.807, 2.05) is 37.3 Å². The Morgan fingerprint density at radius 3 is 2.38 bits per heavy atom. The number of benzene rings is 2. The number of halogens is 2. The van der Waals surface area contributed by atoms with Gasteiger partial charge in [-0.15, -0.1) is 0 Å². The standard InChI is InChI=1S/C20H14Cl2O2/c1-13(8-19(23)14-4-2-6-17(21)9-14)16-11-20(24-12-16)15-5-3-7-18(22)10-15/h2-12H,1H3/b13-8+. The SMILES string of the molecule is C/C(=C\C(=O)c1cccc(Cl)c1)c1coc(-c2cccc(Cl)c2)c1. The molecule has 24 heavy (non-hydrogen) atoms. The molecule has 4 heteroatoms. The smallest absolute Gasteiger partial charge is 0.186 e. The van der Waals surface area contributed by atoms with Crippen LogP contribution in [-0.4, -0.2) is 5.78 Å². The molecule has 2 aromatic carbocycles. The number of hydrogen-bond donors (Lipinski definition) is 0. The highest BCUT2D eigenvalue weighted by molar-refractivity contribution is 6.31. The number of allylic oxidation sites excluding steroid dienone is 2. The van der Waals surface area contributed by atoms with Crippen LogP contribution in [-0.2, 0) is 0 Å². The monoisotopic (exact) mass is 356 g/mol. The molecule has 1 aromatic heterocycles. The van der Waals surface area contributed by atoms with E-state index in [0.717, 1.165) is 16.7 Å². The maximum Gasteiger partial charge on any atom is 0.186 e. The fourth-order valence-electron chi connectivity index (χ4n) is 2.34. The molecule has 0 saturated heterocycles. The fourth-order valence-corrected chi connectivity index (χ4v) is 2.72. The third-order valence-electron chi connectivity index (χ3n) is 3.62. The molecule has 0 bridgehead atoms. The van der Waals surface area contributed by atoms with Gasteiger partial charge in [0.1, 0.15) is 5.76 Å². The predicted octanol–water partition coefficient (Wildman–Crippen LogP) is 6.54. The molecule has 1 heterocycles. The highest BCUT2D eigenvalue weighted by atomic mass is 35.5. The van der Waals surface area contributed by atoms with Crippen LogP contribution < -0.4 is 0 Å². The van der Waals surface area contributed by atoms with Crippen LogP contribution in [0.15, 0.2) is 71.4 Å². The molecule has 0 unspecified atom stereocenters. The van der Waals surface area contributed by atoms with Crippen molar-refractivity contribution in [2.75, 3.05) is 0 Å². The van der Waals surface area contributed by atoms with Crippen molar-refractivity contribution in [1.82, 2.24) is 0 Å². The summed E-state index contributed by atoms with van der Waals surface area (Å²) in [6.45, 7) is 1.87. The molecule has 0 spiro atoms. The summed E-state index contributed by atoms with van der Waals surface area (Å²) in [7, 11) is 0. The minimum Gasteiger partial charge on any atom is -0.464 e. The topological polar surface area (TPSA) is 30.2 Å². The highest BCUT2D eigenvalue weighted by Crippen LogP contribution is 2.27. The predicted molar refractivity (Wildman–Crippen MR) is 98.6 cm³/mol. The Morgan fingerprint density at radius 2 is 1.67 bits per heavy atom. The van der Waals surface area contributed by atoms with Crippen molar-refractivity contribution in [2.45, 2.75) is 6.92 Å². The van der Waals surface area contributed by atoms with Crippen LogP contribution in [0, 0.1) is 0 Å². The van der Waals surface area contributed by atoms with E-state index in [0.29, 0.717) is 21.4 Å². The zero-order valence-corrected chi connectivity index (χ0v) is 14.4. The Kier molecular flexibility index (Phi) is 4.89. The molecule has 0 amide bonds. The molecular formula is C20H14Cl2O2. The lowest BCUT2D eigenvalue weighted by atomic mass is 10.0. The van der Waals surface area contributed by atoms with Gasteiger partial charge in [0.05, 0.1) is 6.26 Å². The van der Waals surface area contributed by atoms with Gasteiger partial charge in [-0.2, -0.15) is 0 Å². The molecule has 0 aliphatic rings. The summed E-state index contributed by atoms with van der Waals surface area (Å²) in [5.41, 5.74) is 3.11. The van der Waals surface area contributed by atoms with Gasteiger partial charge in [-0.1, -0.05) is 47.5 Å². The Labute approximate surface area is 150 Å².